The summed E-state index contributed by atoms with van der Waals surface area (Å²) >= 11 is 1.31. The minimum Gasteiger partial charge on any atom is -0.476 e. The Labute approximate surface area is 97.5 Å². The van der Waals surface area contributed by atoms with E-state index >= 15 is 0 Å². The van der Waals surface area contributed by atoms with Gasteiger partial charge in [0.1, 0.15) is 0 Å². The Morgan fingerprint density at radius 1 is 1.75 bits per heavy atom. The van der Waals surface area contributed by atoms with Gasteiger partial charge in [-0.25, -0.2) is 9.78 Å². The third kappa shape index (κ3) is 2.17. The SMILES string of the molecule is COC1(CNc2nc(C(=O)O)cs2)CCC1. The van der Waals surface area contributed by atoms with Crippen molar-refractivity contribution >= 4 is 22.4 Å². The number of nitrogens with one attached hydrogen (secondary N) is 1. The highest BCUT2D eigenvalue weighted by molar-refractivity contribution is 7.13. The van der Waals surface area contributed by atoms with E-state index < -0.39 is 5.97 Å². The predicted octanol–water partition coefficient (Wildman–Crippen LogP) is 1.82. The highest BCUT2D eigenvalue weighted by atomic mass is 32.1. The molecule has 0 bridgehead atoms. The van der Waals surface area contributed by atoms with Crippen LogP contribution in [0.2, 0.25) is 0 Å². The van der Waals surface area contributed by atoms with Crippen LogP contribution in [0.5, 0.6) is 0 Å². The summed E-state index contributed by atoms with van der Waals surface area (Å²) in [6, 6.07) is 0. The van der Waals surface area contributed by atoms with E-state index in [1.54, 1.807) is 7.11 Å². The number of aromatic carboxylic acids is 1. The first kappa shape index (κ1) is 11.3. The first-order chi connectivity index (χ1) is 7.65. The number of aromatic nitrogens is 1. The van der Waals surface area contributed by atoms with Gasteiger partial charge in [-0.3, -0.25) is 0 Å². The number of carbonyl (C=O) groups is 1. The van der Waals surface area contributed by atoms with Crippen molar-refractivity contribution in [3.8, 4) is 0 Å². The standard InChI is InChI=1S/C10H14N2O3S/c1-15-10(3-2-4-10)6-11-9-12-7(5-16-9)8(13)14/h5H,2-4,6H2,1H3,(H,11,12)(H,13,14). The van der Waals surface area contributed by atoms with Crippen molar-refractivity contribution in [2.24, 2.45) is 0 Å². The van der Waals surface area contributed by atoms with E-state index in [1.165, 1.54) is 23.1 Å². The van der Waals surface area contributed by atoms with E-state index in [2.05, 4.69) is 10.3 Å². The number of anilines is 1. The molecule has 0 saturated heterocycles. The molecule has 6 heteroatoms. The predicted molar refractivity (Wildman–Crippen MR) is 61.2 cm³/mol. The molecule has 16 heavy (non-hydrogen) atoms. The van der Waals surface area contributed by atoms with Crippen LogP contribution in [0.4, 0.5) is 5.13 Å². The number of ether oxygens (including phenoxy) is 1. The van der Waals surface area contributed by atoms with Gasteiger partial charge in [0.15, 0.2) is 10.8 Å². The number of rotatable bonds is 5. The van der Waals surface area contributed by atoms with Gasteiger partial charge in [-0.2, -0.15) is 0 Å². The molecule has 1 heterocycles. The highest BCUT2D eigenvalue weighted by Crippen LogP contribution is 2.35. The van der Waals surface area contributed by atoms with Crippen molar-refractivity contribution in [3.05, 3.63) is 11.1 Å². The van der Waals surface area contributed by atoms with Gasteiger partial charge in [-0.05, 0) is 19.3 Å². The van der Waals surface area contributed by atoms with Crippen LogP contribution in [0.1, 0.15) is 29.8 Å². The summed E-state index contributed by atoms with van der Waals surface area (Å²) in [7, 11) is 1.71. The van der Waals surface area contributed by atoms with Crippen LogP contribution in [0, 0.1) is 0 Å². The van der Waals surface area contributed by atoms with Gasteiger partial charge in [0.2, 0.25) is 0 Å². The molecule has 0 atom stereocenters. The lowest BCUT2D eigenvalue weighted by Crippen LogP contribution is -2.45. The molecule has 1 aliphatic rings. The third-order valence-corrected chi connectivity index (χ3v) is 3.78. The minimum absolute atomic E-state index is 0.0743. The number of methoxy groups -OCH3 is 1. The van der Waals surface area contributed by atoms with Gasteiger partial charge in [0.05, 0.1) is 5.60 Å². The molecule has 0 unspecified atom stereocenters. The zero-order valence-electron chi connectivity index (χ0n) is 9.02. The number of nitrogens with zero attached hydrogens (tertiary/aromatic N) is 1. The molecule has 0 aromatic carbocycles. The molecule has 1 aromatic heterocycles. The normalized spacial score (nSPS) is 17.8. The Morgan fingerprint density at radius 3 is 2.94 bits per heavy atom. The fraction of sp³-hybridized carbons (Fsp3) is 0.600. The summed E-state index contributed by atoms with van der Waals surface area (Å²) in [5.74, 6) is -0.991. The van der Waals surface area contributed by atoms with E-state index in [0.717, 1.165) is 12.8 Å². The quantitative estimate of drug-likeness (QED) is 0.824. The summed E-state index contributed by atoms with van der Waals surface area (Å²) in [5, 5.41) is 14.0. The lowest BCUT2D eigenvalue weighted by Gasteiger charge is -2.40. The maximum atomic E-state index is 10.6. The van der Waals surface area contributed by atoms with Crippen molar-refractivity contribution in [3.63, 3.8) is 0 Å². The Balaban J connectivity index is 1.91. The van der Waals surface area contributed by atoms with Gasteiger partial charge >= 0.3 is 5.97 Å². The third-order valence-electron chi connectivity index (χ3n) is 2.98. The molecule has 1 fully saturated rings. The molecular weight excluding hydrogens is 228 g/mol. The van der Waals surface area contributed by atoms with Crippen LogP contribution in [0.25, 0.3) is 0 Å². The average Bonchev–Trinajstić information content (AvgIpc) is 2.65. The first-order valence-electron chi connectivity index (χ1n) is 5.13. The van der Waals surface area contributed by atoms with Gasteiger partial charge in [0, 0.05) is 19.0 Å². The number of thiazole rings is 1. The molecule has 0 amide bonds. The molecule has 5 nitrogen and oxygen atoms in total. The minimum atomic E-state index is -0.991. The fourth-order valence-corrected chi connectivity index (χ4v) is 2.40. The monoisotopic (exact) mass is 242 g/mol. The molecule has 2 rings (SSSR count). The van der Waals surface area contributed by atoms with Crippen molar-refractivity contribution in [2.75, 3.05) is 19.0 Å². The van der Waals surface area contributed by atoms with Crippen molar-refractivity contribution in [1.29, 1.82) is 0 Å². The number of hydrogen-bond acceptors (Lipinski definition) is 5. The summed E-state index contributed by atoms with van der Waals surface area (Å²) in [5.41, 5.74) is 0.0160. The summed E-state index contributed by atoms with van der Waals surface area (Å²) < 4.78 is 5.45. The molecule has 2 N–H and O–H groups in total. The average molecular weight is 242 g/mol. The molecule has 0 spiro atoms. The van der Waals surface area contributed by atoms with Crippen molar-refractivity contribution < 1.29 is 14.6 Å². The topological polar surface area (TPSA) is 71.5 Å². The second kappa shape index (κ2) is 4.39. The van der Waals surface area contributed by atoms with Crippen molar-refractivity contribution in [2.45, 2.75) is 24.9 Å². The molecule has 1 saturated carbocycles. The van der Waals surface area contributed by atoms with Crippen LogP contribution in [0.3, 0.4) is 0 Å². The number of carboxylic acid groups (broad SMARTS) is 1. The summed E-state index contributed by atoms with van der Waals surface area (Å²) in [6.45, 7) is 0.691. The maximum absolute atomic E-state index is 10.6. The summed E-state index contributed by atoms with van der Waals surface area (Å²) in [4.78, 5) is 14.6. The fourth-order valence-electron chi connectivity index (χ4n) is 1.71. The van der Waals surface area contributed by atoms with Crippen LogP contribution in [-0.4, -0.2) is 35.3 Å². The molecule has 0 radical (unpaired) electrons. The molecule has 1 aromatic rings. The van der Waals surface area contributed by atoms with Gasteiger partial charge in [0.25, 0.3) is 0 Å². The number of carboxylic acids is 1. The van der Waals surface area contributed by atoms with Crippen LogP contribution in [-0.2, 0) is 4.74 Å². The van der Waals surface area contributed by atoms with Crippen molar-refractivity contribution in [1.82, 2.24) is 4.98 Å². The molecule has 0 aliphatic heterocycles. The number of hydrogen-bond donors (Lipinski definition) is 2. The maximum Gasteiger partial charge on any atom is 0.355 e. The second-order valence-electron chi connectivity index (χ2n) is 3.94. The van der Waals surface area contributed by atoms with Gasteiger partial charge < -0.3 is 15.2 Å². The highest BCUT2D eigenvalue weighted by Gasteiger charge is 2.36. The van der Waals surface area contributed by atoms with E-state index in [0.29, 0.717) is 11.7 Å². The lowest BCUT2D eigenvalue weighted by atomic mass is 9.80. The molecular formula is C10H14N2O3S. The van der Waals surface area contributed by atoms with Crippen LogP contribution in [0.15, 0.2) is 5.38 Å². The van der Waals surface area contributed by atoms with Gasteiger partial charge in [-0.1, -0.05) is 0 Å². The lowest BCUT2D eigenvalue weighted by molar-refractivity contribution is -0.0601. The Hall–Kier alpha value is -1.14. The smallest absolute Gasteiger partial charge is 0.355 e. The second-order valence-corrected chi connectivity index (χ2v) is 4.80. The van der Waals surface area contributed by atoms with Gasteiger partial charge in [-0.15, -0.1) is 11.3 Å². The molecule has 88 valence electrons. The summed E-state index contributed by atoms with van der Waals surface area (Å²) in [6.07, 6.45) is 3.29. The van der Waals surface area contributed by atoms with E-state index in [4.69, 9.17) is 9.84 Å². The van der Waals surface area contributed by atoms with E-state index in [9.17, 15) is 4.79 Å². The zero-order chi connectivity index (χ0) is 11.6. The van der Waals surface area contributed by atoms with E-state index in [-0.39, 0.29) is 11.3 Å². The Bertz CT molecular complexity index is 382. The van der Waals surface area contributed by atoms with Crippen LogP contribution < -0.4 is 5.32 Å². The first-order valence-corrected chi connectivity index (χ1v) is 6.01. The van der Waals surface area contributed by atoms with E-state index in [1.807, 2.05) is 0 Å². The van der Waals surface area contributed by atoms with Crippen LogP contribution >= 0.6 is 11.3 Å². The Morgan fingerprint density at radius 2 is 2.50 bits per heavy atom. The molecule has 1 aliphatic carbocycles. The zero-order valence-corrected chi connectivity index (χ0v) is 9.84. The Kier molecular flexibility index (Phi) is 3.11. The largest absolute Gasteiger partial charge is 0.476 e.